The molecule has 0 amide bonds. The van der Waals surface area contributed by atoms with Crippen molar-refractivity contribution in [3.05, 3.63) is 102 Å². The fraction of sp³-hybridized carbons (Fsp3) is 0.111. The van der Waals surface area contributed by atoms with E-state index in [1.807, 2.05) is 54.6 Å². The van der Waals surface area contributed by atoms with Gasteiger partial charge in [-0.2, -0.15) is 21.0 Å². The smallest absolute Gasteiger partial charge is 0.234 e. The Morgan fingerprint density at radius 2 is 1.18 bits per heavy atom. The summed E-state index contributed by atoms with van der Waals surface area (Å²) >= 11 is 0. The van der Waals surface area contributed by atoms with Gasteiger partial charge >= 0.3 is 0 Å². The molecule has 154 valence electrons. The molecule has 1 heterocycles. The number of para-hydroxylation sites is 1. The zero-order valence-corrected chi connectivity index (χ0v) is 17.4. The van der Waals surface area contributed by atoms with Gasteiger partial charge < -0.3 is 0 Å². The summed E-state index contributed by atoms with van der Waals surface area (Å²) in [5.74, 6) is -1.13. The lowest BCUT2D eigenvalue weighted by molar-refractivity contribution is 0.355. The second kappa shape index (κ2) is 8.60. The van der Waals surface area contributed by atoms with Gasteiger partial charge in [-0.25, -0.2) is 9.98 Å². The van der Waals surface area contributed by atoms with E-state index in [4.69, 9.17) is 4.99 Å². The fourth-order valence-electron chi connectivity index (χ4n) is 4.11. The number of rotatable bonds is 3. The SMILES string of the molecule is N#CC1(C#N)C(=Nc2ccccc2)N=C(c2ccccc2)C(c2ccccc2)C1(C#N)C#N. The molecule has 0 aliphatic carbocycles. The zero-order chi connectivity index (χ0) is 23.3. The molecule has 0 N–H and O–H groups in total. The molecular formula is C27H16N6. The minimum absolute atomic E-state index is 0.173. The minimum atomic E-state index is -2.22. The number of benzene rings is 3. The summed E-state index contributed by atoms with van der Waals surface area (Å²) in [5, 5.41) is 41.4. The maximum atomic E-state index is 10.4. The molecule has 6 heteroatoms. The molecule has 0 bridgehead atoms. The van der Waals surface area contributed by atoms with Crippen molar-refractivity contribution in [1.29, 1.82) is 21.0 Å². The molecule has 33 heavy (non-hydrogen) atoms. The molecule has 0 saturated heterocycles. The Balaban J connectivity index is 2.15. The Bertz CT molecular complexity index is 1370. The van der Waals surface area contributed by atoms with Gasteiger partial charge in [-0.1, -0.05) is 78.9 Å². The number of hydrogen-bond acceptors (Lipinski definition) is 5. The monoisotopic (exact) mass is 424 g/mol. The van der Waals surface area contributed by atoms with Crippen LogP contribution in [0.4, 0.5) is 5.69 Å². The first kappa shape index (κ1) is 21.2. The van der Waals surface area contributed by atoms with Crippen molar-refractivity contribution in [3.8, 4) is 24.3 Å². The third kappa shape index (κ3) is 3.24. The quantitative estimate of drug-likeness (QED) is 0.583. The van der Waals surface area contributed by atoms with Crippen LogP contribution in [0.5, 0.6) is 0 Å². The van der Waals surface area contributed by atoms with Crippen LogP contribution in [0.15, 0.2) is 101 Å². The van der Waals surface area contributed by atoms with Crippen molar-refractivity contribution in [2.45, 2.75) is 5.92 Å². The molecular weight excluding hydrogens is 408 g/mol. The second-order valence-corrected chi connectivity index (χ2v) is 7.48. The van der Waals surface area contributed by atoms with Crippen molar-refractivity contribution in [2.75, 3.05) is 0 Å². The Kier molecular flexibility index (Phi) is 5.53. The van der Waals surface area contributed by atoms with Crippen molar-refractivity contribution in [2.24, 2.45) is 20.8 Å². The van der Waals surface area contributed by atoms with E-state index < -0.39 is 16.7 Å². The largest absolute Gasteiger partial charge is 0.235 e. The first-order valence-corrected chi connectivity index (χ1v) is 10.1. The van der Waals surface area contributed by atoms with E-state index in [0.29, 0.717) is 22.5 Å². The van der Waals surface area contributed by atoms with Crippen LogP contribution < -0.4 is 0 Å². The molecule has 0 spiro atoms. The highest BCUT2D eigenvalue weighted by atomic mass is 15.0. The van der Waals surface area contributed by atoms with Gasteiger partial charge in [0.15, 0.2) is 11.3 Å². The first-order chi connectivity index (χ1) is 16.2. The molecule has 0 radical (unpaired) electrons. The zero-order valence-electron chi connectivity index (χ0n) is 17.4. The summed E-state index contributed by atoms with van der Waals surface area (Å²) in [5.41, 5.74) is -2.17. The van der Waals surface area contributed by atoms with Gasteiger partial charge in [0.05, 0.1) is 41.6 Å². The van der Waals surface area contributed by atoms with E-state index in [-0.39, 0.29) is 5.84 Å². The van der Waals surface area contributed by atoms with Crippen LogP contribution in [0.1, 0.15) is 17.0 Å². The Morgan fingerprint density at radius 3 is 1.70 bits per heavy atom. The van der Waals surface area contributed by atoms with Gasteiger partial charge in [0.25, 0.3) is 0 Å². The van der Waals surface area contributed by atoms with Gasteiger partial charge in [0.1, 0.15) is 0 Å². The molecule has 0 fully saturated rings. The molecule has 1 aliphatic rings. The van der Waals surface area contributed by atoms with Gasteiger partial charge in [-0.3, -0.25) is 0 Å². The number of hydrogen-bond donors (Lipinski definition) is 0. The van der Waals surface area contributed by atoms with Crippen LogP contribution in [0, 0.1) is 56.2 Å². The molecule has 4 rings (SSSR count). The van der Waals surface area contributed by atoms with E-state index in [1.165, 1.54) is 0 Å². The fourth-order valence-corrected chi connectivity index (χ4v) is 4.11. The molecule has 6 nitrogen and oxygen atoms in total. The van der Waals surface area contributed by atoms with E-state index >= 15 is 0 Å². The van der Waals surface area contributed by atoms with Crippen LogP contribution in [-0.4, -0.2) is 11.5 Å². The van der Waals surface area contributed by atoms with Crippen LogP contribution >= 0.6 is 0 Å². The lowest BCUT2D eigenvalue weighted by atomic mass is 9.54. The Labute approximate surface area is 191 Å². The second-order valence-electron chi connectivity index (χ2n) is 7.48. The summed E-state index contributed by atoms with van der Waals surface area (Å²) in [6, 6.07) is 34.8. The summed E-state index contributed by atoms with van der Waals surface area (Å²) in [4.78, 5) is 9.20. The van der Waals surface area contributed by atoms with Crippen LogP contribution in [0.3, 0.4) is 0 Å². The molecule has 1 atom stereocenters. The van der Waals surface area contributed by atoms with Crippen molar-refractivity contribution in [3.63, 3.8) is 0 Å². The topological polar surface area (TPSA) is 120 Å². The van der Waals surface area contributed by atoms with E-state index in [9.17, 15) is 21.0 Å². The molecule has 3 aromatic rings. The van der Waals surface area contributed by atoms with Crippen LogP contribution in [0.2, 0.25) is 0 Å². The molecule has 1 unspecified atom stereocenters. The van der Waals surface area contributed by atoms with Crippen molar-refractivity contribution >= 4 is 17.2 Å². The lowest BCUT2D eigenvalue weighted by Crippen LogP contribution is -2.53. The minimum Gasteiger partial charge on any atom is -0.234 e. The number of nitrogens with zero attached hydrogens (tertiary/aromatic N) is 6. The predicted molar refractivity (Wildman–Crippen MR) is 123 cm³/mol. The van der Waals surface area contributed by atoms with E-state index in [0.717, 1.165) is 0 Å². The third-order valence-electron chi connectivity index (χ3n) is 5.74. The summed E-state index contributed by atoms with van der Waals surface area (Å²) in [7, 11) is 0. The molecule has 1 aliphatic heterocycles. The maximum Gasteiger partial charge on any atom is 0.235 e. The van der Waals surface area contributed by atoms with E-state index in [2.05, 4.69) is 17.1 Å². The molecule has 0 aromatic heterocycles. The van der Waals surface area contributed by atoms with Crippen molar-refractivity contribution < 1.29 is 0 Å². The van der Waals surface area contributed by atoms with Crippen LogP contribution in [0.25, 0.3) is 0 Å². The molecule has 3 aromatic carbocycles. The standard InChI is InChI=1S/C27H16N6/c28-16-26(17-29)23(20-10-4-1-5-11-20)24(21-12-6-2-7-13-21)33-25(27(26,18-30)19-31)32-22-14-8-3-9-15-22/h1-15,23H. The average molecular weight is 424 g/mol. The third-order valence-corrected chi connectivity index (χ3v) is 5.74. The summed E-state index contributed by atoms with van der Waals surface area (Å²) in [6.45, 7) is 0. The lowest BCUT2D eigenvalue weighted by Gasteiger charge is -2.41. The maximum absolute atomic E-state index is 10.4. The Morgan fingerprint density at radius 1 is 0.667 bits per heavy atom. The molecule has 0 saturated carbocycles. The number of amidine groups is 1. The first-order valence-electron chi connectivity index (χ1n) is 10.1. The highest BCUT2D eigenvalue weighted by Gasteiger charge is 2.66. The normalized spacial score (nSPS) is 19.2. The van der Waals surface area contributed by atoms with Crippen LogP contribution in [-0.2, 0) is 0 Å². The highest BCUT2D eigenvalue weighted by Crippen LogP contribution is 2.54. The number of aliphatic imine (C=N–C) groups is 2. The van der Waals surface area contributed by atoms with Gasteiger partial charge in [0.2, 0.25) is 5.41 Å². The van der Waals surface area contributed by atoms with Crippen molar-refractivity contribution in [1.82, 2.24) is 0 Å². The van der Waals surface area contributed by atoms with Gasteiger partial charge in [0, 0.05) is 0 Å². The van der Waals surface area contributed by atoms with Gasteiger partial charge in [-0.15, -0.1) is 0 Å². The van der Waals surface area contributed by atoms with E-state index in [1.54, 1.807) is 48.5 Å². The predicted octanol–water partition coefficient (Wildman–Crippen LogP) is 5.07. The average Bonchev–Trinajstić information content (AvgIpc) is 2.89. The Hall–Kier alpha value is -5.04. The highest BCUT2D eigenvalue weighted by molar-refractivity contribution is 6.17. The van der Waals surface area contributed by atoms with Gasteiger partial charge in [-0.05, 0) is 23.3 Å². The summed E-state index contributed by atoms with van der Waals surface area (Å²) in [6.07, 6.45) is 0. The summed E-state index contributed by atoms with van der Waals surface area (Å²) < 4.78 is 0. The number of nitriles is 4.